The number of benzene rings is 1. The lowest BCUT2D eigenvalue weighted by molar-refractivity contribution is 0.447. The number of anilines is 1. The van der Waals surface area contributed by atoms with Crippen molar-refractivity contribution >= 4 is 5.69 Å². The second-order valence-electron chi connectivity index (χ2n) is 4.36. The van der Waals surface area contributed by atoms with Crippen molar-refractivity contribution in [2.24, 2.45) is 0 Å². The molecule has 0 aliphatic carbocycles. The molecule has 2 rings (SSSR count). The fourth-order valence-electron chi connectivity index (χ4n) is 1.96. The van der Waals surface area contributed by atoms with Crippen LogP contribution in [0.15, 0.2) is 18.2 Å². The van der Waals surface area contributed by atoms with Crippen molar-refractivity contribution in [3.63, 3.8) is 0 Å². The lowest BCUT2D eigenvalue weighted by Crippen LogP contribution is -2.09. The average molecular weight is 249 g/mol. The molecule has 18 heavy (non-hydrogen) atoms. The summed E-state index contributed by atoms with van der Waals surface area (Å²) in [5, 5.41) is 11.6. The Morgan fingerprint density at radius 1 is 1.39 bits per heavy atom. The molecule has 0 saturated carbocycles. The number of hydrogen-bond acceptors (Lipinski definition) is 4. The Kier molecular flexibility index (Phi) is 3.55. The highest BCUT2D eigenvalue weighted by atomic mass is 19.1. The summed E-state index contributed by atoms with van der Waals surface area (Å²) in [6.45, 7) is 4.13. The first-order chi connectivity index (χ1) is 8.61. The Labute approximate surface area is 105 Å². The standard InChI is InChI=1S/C12H16FN5/c1-3-4-8(2)18-12(15-16-17-18)9-5-10(13)7-11(14)6-9/h5-8H,3-4,14H2,1-2H3. The van der Waals surface area contributed by atoms with Crippen molar-refractivity contribution in [1.29, 1.82) is 0 Å². The van der Waals surface area contributed by atoms with E-state index in [2.05, 4.69) is 22.4 Å². The third-order valence-corrected chi connectivity index (χ3v) is 2.80. The van der Waals surface area contributed by atoms with E-state index in [-0.39, 0.29) is 11.9 Å². The molecule has 2 N–H and O–H groups in total. The van der Waals surface area contributed by atoms with Gasteiger partial charge in [0.25, 0.3) is 0 Å². The van der Waals surface area contributed by atoms with E-state index in [1.807, 2.05) is 6.92 Å². The summed E-state index contributed by atoms with van der Waals surface area (Å²) in [5.74, 6) is 0.157. The molecule has 0 spiro atoms. The summed E-state index contributed by atoms with van der Waals surface area (Å²) in [7, 11) is 0. The third kappa shape index (κ3) is 2.47. The molecule has 0 radical (unpaired) electrons. The maximum Gasteiger partial charge on any atom is 0.182 e. The molecule has 0 bridgehead atoms. The van der Waals surface area contributed by atoms with Crippen LogP contribution in [0, 0.1) is 5.82 Å². The first-order valence-electron chi connectivity index (χ1n) is 5.96. The zero-order chi connectivity index (χ0) is 13.1. The highest BCUT2D eigenvalue weighted by Gasteiger charge is 2.15. The molecular weight excluding hydrogens is 233 g/mol. The lowest BCUT2D eigenvalue weighted by atomic mass is 10.1. The summed E-state index contributed by atoms with van der Waals surface area (Å²) >= 11 is 0. The number of aromatic nitrogens is 4. The molecule has 2 aromatic rings. The van der Waals surface area contributed by atoms with Crippen molar-refractivity contribution in [3.8, 4) is 11.4 Å². The second-order valence-corrected chi connectivity index (χ2v) is 4.36. The molecule has 0 aliphatic heterocycles. The Morgan fingerprint density at radius 2 is 2.17 bits per heavy atom. The molecule has 96 valence electrons. The predicted octanol–water partition coefficient (Wildman–Crippen LogP) is 2.42. The molecule has 1 aromatic carbocycles. The molecule has 1 atom stereocenters. The van der Waals surface area contributed by atoms with Gasteiger partial charge in [0.2, 0.25) is 0 Å². The summed E-state index contributed by atoms with van der Waals surface area (Å²) in [6, 6.07) is 4.50. The van der Waals surface area contributed by atoms with E-state index in [0.29, 0.717) is 17.1 Å². The van der Waals surface area contributed by atoms with Gasteiger partial charge in [-0.3, -0.25) is 0 Å². The van der Waals surface area contributed by atoms with Gasteiger partial charge in [-0.2, -0.15) is 0 Å². The summed E-state index contributed by atoms with van der Waals surface area (Å²) in [5.41, 5.74) is 6.59. The third-order valence-electron chi connectivity index (χ3n) is 2.80. The highest BCUT2D eigenvalue weighted by Crippen LogP contribution is 2.24. The molecule has 5 nitrogen and oxygen atoms in total. The Hall–Kier alpha value is -1.98. The number of hydrogen-bond donors (Lipinski definition) is 1. The summed E-state index contributed by atoms with van der Waals surface area (Å²) in [6.07, 6.45) is 1.99. The van der Waals surface area contributed by atoms with Crippen LogP contribution >= 0.6 is 0 Å². The van der Waals surface area contributed by atoms with Crippen molar-refractivity contribution in [2.45, 2.75) is 32.7 Å². The van der Waals surface area contributed by atoms with E-state index in [4.69, 9.17) is 5.73 Å². The van der Waals surface area contributed by atoms with Crippen LogP contribution in [0.5, 0.6) is 0 Å². The molecule has 0 aliphatic rings. The van der Waals surface area contributed by atoms with Gasteiger partial charge in [-0.1, -0.05) is 13.3 Å². The van der Waals surface area contributed by atoms with Crippen LogP contribution in [-0.2, 0) is 0 Å². The number of nitrogen functional groups attached to an aromatic ring is 1. The topological polar surface area (TPSA) is 69.6 Å². The van der Waals surface area contributed by atoms with E-state index >= 15 is 0 Å². The summed E-state index contributed by atoms with van der Waals surface area (Å²) in [4.78, 5) is 0. The fourth-order valence-corrected chi connectivity index (χ4v) is 1.96. The Bertz CT molecular complexity index is 517. The minimum Gasteiger partial charge on any atom is -0.399 e. The van der Waals surface area contributed by atoms with Crippen molar-refractivity contribution in [2.75, 3.05) is 5.73 Å². The molecular formula is C12H16FN5. The van der Waals surface area contributed by atoms with Gasteiger partial charge >= 0.3 is 0 Å². The molecule has 1 aromatic heterocycles. The molecule has 0 fully saturated rings. The van der Waals surface area contributed by atoms with Gasteiger partial charge in [-0.15, -0.1) is 5.10 Å². The number of halogens is 1. The smallest absolute Gasteiger partial charge is 0.182 e. The first kappa shape index (κ1) is 12.5. The number of tetrazole rings is 1. The van der Waals surface area contributed by atoms with Gasteiger partial charge in [0.15, 0.2) is 5.82 Å². The van der Waals surface area contributed by atoms with Gasteiger partial charge in [0.05, 0.1) is 6.04 Å². The van der Waals surface area contributed by atoms with Crippen molar-refractivity contribution in [1.82, 2.24) is 20.2 Å². The molecule has 0 amide bonds. The molecule has 1 unspecified atom stereocenters. The second kappa shape index (κ2) is 5.12. The van der Waals surface area contributed by atoms with Crippen LogP contribution in [-0.4, -0.2) is 20.2 Å². The maximum atomic E-state index is 13.3. The quantitative estimate of drug-likeness (QED) is 0.845. The normalized spacial score (nSPS) is 12.6. The van der Waals surface area contributed by atoms with E-state index in [1.54, 1.807) is 10.7 Å². The zero-order valence-corrected chi connectivity index (χ0v) is 10.5. The molecule has 6 heteroatoms. The lowest BCUT2D eigenvalue weighted by Gasteiger charge is -2.12. The number of rotatable bonds is 4. The Morgan fingerprint density at radius 3 is 2.83 bits per heavy atom. The monoisotopic (exact) mass is 249 g/mol. The largest absolute Gasteiger partial charge is 0.399 e. The van der Waals surface area contributed by atoms with E-state index in [0.717, 1.165) is 12.8 Å². The van der Waals surface area contributed by atoms with Gasteiger partial charge in [-0.25, -0.2) is 9.07 Å². The fraction of sp³-hybridized carbons (Fsp3) is 0.417. The van der Waals surface area contributed by atoms with Crippen LogP contribution in [0.25, 0.3) is 11.4 Å². The number of nitrogens with zero attached hydrogens (tertiary/aromatic N) is 4. The minimum atomic E-state index is -0.386. The van der Waals surface area contributed by atoms with Gasteiger partial charge in [-0.05, 0) is 42.0 Å². The van der Waals surface area contributed by atoms with Gasteiger partial charge < -0.3 is 5.73 Å². The Balaban J connectivity index is 2.42. The molecule has 1 heterocycles. The van der Waals surface area contributed by atoms with E-state index in [9.17, 15) is 4.39 Å². The predicted molar refractivity (Wildman–Crippen MR) is 67.2 cm³/mol. The van der Waals surface area contributed by atoms with Gasteiger partial charge in [0.1, 0.15) is 5.82 Å². The van der Waals surface area contributed by atoms with Crippen LogP contribution in [0.3, 0.4) is 0 Å². The van der Waals surface area contributed by atoms with Crippen LogP contribution < -0.4 is 5.73 Å². The van der Waals surface area contributed by atoms with Gasteiger partial charge in [0, 0.05) is 11.3 Å². The summed E-state index contributed by atoms with van der Waals surface area (Å²) < 4.78 is 15.0. The minimum absolute atomic E-state index is 0.171. The van der Waals surface area contributed by atoms with E-state index < -0.39 is 0 Å². The van der Waals surface area contributed by atoms with Crippen molar-refractivity contribution in [3.05, 3.63) is 24.0 Å². The van der Waals surface area contributed by atoms with Crippen molar-refractivity contribution < 1.29 is 4.39 Å². The SMILES string of the molecule is CCCC(C)n1nnnc1-c1cc(N)cc(F)c1. The van der Waals surface area contributed by atoms with Crippen LogP contribution in [0.2, 0.25) is 0 Å². The van der Waals surface area contributed by atoms with Crippen LogP contribution in [0.1, 0.15) is 32.7 Å². The molecule has 0 saturated heterocycles. The average Bonchev–Trinajstić information content (AvgIpc) is 2.76. The van der Waals surface area contributed by atoms with E-state index in [1.165, 1.54) is 12.1 Å². The maximum absolute atomic E-state index is 13.3. The first-order valence-corrected chi connectivity index (χ1v) is 5.96. The zero-order valence-electron chi connectivity index (χ0n) is 10.5. The number of nitrogens with two attached hydrogens (primary N) is 1. The highest BCUT2D eigenvalue weighted by molar-refractivity contribution is 5.61. The van der Waals surface area contributed by atoms with Crippen LogP contribution in [0.4, 0.5) is 10.1 Å².